The van der Waals surface area contributed by atoms with E-state index in [-0.39, 0.29) is 16.8 Å². The maximum absolute atomic E-state index is 13.7. The number of aryl methyl sites for hydroxylation is 2. The summed E-state index contributed by atoms with van der Waals surface area (Å²) in [6.07, 6.45) is 0. The van der Waals surface area contributed by atoms with Gasteiger partial charge < -0.3 is 0 Å². The Balaban J connectivity index is 2.27. The summed E-state index contributed by atoms with van der Waals surface area (Å²) in [7, 11) is 0. The molecule has 0 radical (unpaired) electrons. The Labute approximate surface area is 125 Å². The van der Waals surface area contributed by atoms with Crippen LogP contribution in [0.3, 0.4) is 0 Å². The van der Waals surface area contributed by atoms with Crippen LogP contribution in [0.25, 0.3) is 22.3 Å². The van der Waals surface area contributed by atoms with E-state index < -0.39 is 0 Å². The number of fused-ring (bicyclic) bond motifs is 1. The van der Waals surface area contributed by atoms with Gasteiger partial charge in [0.1, 0.15) is 16.8 Å². The Bertz CT molecular complexity index is 863. The van der Waals surface area contributed by atoms with Gasteiger partial charge in [0, 0.05) is 17.0 Å². The molecule has 0 spiro atoms. The van der Waals surface area contributed by atoms with Crippen molar-refractivity contribution in [3.8, 4) is 11.4 Å². The Hall–Kier alpha value is -2.07. The third-order valence-electron chi connectivity index (χ3n) is 3.36. The Morgan fingerprint density at radius 2 is 1.71 bits per heavy atom. The molecule has 106 valence electrons. The monoisotopic (exact) mass is 304 g/mol. The predicted octanol–water partition coefficient (Wildman–Crippen LogP) is 4.85. The molecular weight excluding hydrogens is 294 g/mol. The van der Waals surface area contributed by atoms with Crippen molar-refractivity contribution in [2.75, 3.05) is 0 Å². The maximum Gasteiger partial charge on any atom is 0.161 e. The largest absolute Gasteiger partial charge is 0.228 e. The van der Waals surface area contributed by atoms with Crippen LogP contribution in [0.15, 0.2) is 30.3 Å². The van der Waals surface area contributed by atoms with Crippen molar-refractivity contribution in [2.24, 2.45) is 0 Å². The van der Waals surface area contributed by atoms with Gasteiger partial charge in [-0.05, 0) is 49.2 Å². The average Bonchev–Trinajstić information content (AvgIpc) is 2.41. The van der Waals surface area contributed by atoms with Crippen LogP contribution in [0.5, 0.6) is 0 Å². The van der Waals surface area contributed by atoms with Crippen molar-refractivity contribution >= 4 is 22.5 Å². The molecule has 3 aromatic rings. The summed E-state index contributed by atoms with van der Waals surface area (Å²) in [6.45, 7) is 3.42. The van der Waals surface area contributed by atoms with Gasteiger partial charge in [0.15, 0.2) is 5.82 Å². The molecule has 3 rings (SSSR count). The molecule has 0 aliphatic carbocycles. The molecule has 2 aromatic carbocycles. The van der Waals surface area contributed by atoms with Gasteiger partial charge in [0.05, 0.1) is 5.52 Å². The summed E-state index contributed by atoms with van der Waals surface area (Å²) in [5.74, 6) is -0.322. The van der Waals surface area contributed by atoms with Crippen LogP contribution in [0.4, 0.5) is 8.78 Å². The third-order valence-corrected chi connectivity index (χ3v) is 3.65. The summed E-state index contributed by atoms with van der Waals surface area (Å²) in [6, 6.07) is 7.27. The standard InChI is InChI=1S/C16H11ClF2N2/c1-8-5-10(18)3-4-11(8)16-20-14-7-13(19)9(2)6-12(14)15(17)21-16/h3-7H,1-2H3. The van der Waals surface area contributed by atoms with E-state index in [9.17, 15) is 8.78 Å². The Kier molecular flexibility index (Phi) is 3.33. The van der Waals surface area contributed by atoms with Gasteiger partial charge in [0.2, 0.25) is 0 Å². The second kappa shape index (κ2) is 5.04. The third kappa shape index (κ3) is 2.47. The topological polar surface area (TPSA) is 25.8 Å². The first kappa shape index (κ1) is 13.9. The molecule has 0 saturated heterocycles. The number of halogens is 3. The zero-order chi connectivity index (χ0) is 15.1. The average molecular weight is 305 g/mol. The highest BCUT2D eigenvalue weighted by atomic mass is 35.5. The fraction of sp³-hybridized carbons (Fsp3) is 0.125. The zero-order valence-electron chi connectivity index (χ0n) is 11.4. The van der Waals surface area contributed by atoms with Gasteiger partial charge in [-0.15, -0.1) is 0 Å². The van der Waals surface area contributed by atoms with Crippen LogP contribution in [-0.2, 0) is 0 Å². The van der Waals surface area contributed by atoms with E-state index in [1.165, 1.54) is 18.2 Å². The maximum atomic E-state index is 13.7. The van der Waals surface area contributed by atoms with Crippen molar-refractivity contribution in [1.82, 2.24) is 9.97 Å². The van der Waals surface area contributed by atoms with E-state index in [0.29, 0.717) is 33.4 Å². The molecule has 0 fully saturated rings. The summed E-state index contributed by atoms with van der Waals surface area (Å²) >= 11 is 6.17. The summed E-state index contributed by atoms with van der Waals surface area (Å²) in [5, 5.41) is 0.848. The quantitative estimate of drug-likeness (QED) is 0.601. The lowest BCUT2D eigenvalue weighted by molar-refractivity contribution is 0.620. The van der Waals surface area contributed by atoms with Crippen molar-refractivity contribution in [2.45, 2.75) is 13.8 Å². The fourth-order valence-corrected chi connectivity index (χ4v) is 2.45. The molecule has 2 nitrogen and oxygen atoms in total. The van der Waals surface area contributed by atoms with Crippen LogP contribution < -0.4 is 0 Å². The minimum absolute atomic E-state index is 0.252. The van der Waals surface area contributed by atoms with Crippen LogP contribution in [0, 0.1) is 25.5 Å². The molecule has 0 aliphatic heterocycles. The SMILES string of the molecule is Cc1cc2c(Cl)nc(-c3ccc(F)cc3C)nc2cc1F. The molecule has 0 unspecified atom stereocenters. The number of benzene rings is 2. The van der Waals surface area contributed by atoms with E-state index in [1.54, 1.807) is 26.0 Å². The molecule has 0 aliphatic rings. The smallest absolute Gasteiger partial charge is 0.161 e. The Morgan fingerprint density at radius 1 is 0.952 bits per heavy atom. The van der Waals surface area contributed by atoms with E-state index in [2.05, 4.69) is 9.97 Å². The molecule has 0 amide bonds. The first-order chi connectivity index (χ1) is 9.95. The number of aromatic nitrogens is 2. The molecule has 21 heavy (non-hydrogen) atoms. The zero-order valence-corrected chi connectivity index (χ0v) is 12.2. The van der Waals surface area contributed by atoms with Gasteiger partial charge >= 0.3 is 0 Å². The predicted molar refractivity (Wildman–Crippen MR) is 79.4 cm³/mol. The summed E-state index contributed by atoms with van der Waals surface area (Å²) in [4.78, 5) is 8.58. The van der Waals surface area contributed by atoms with E-state index >= 15 is 0 Å². The number of hydrogen-bond acceptors (Lipinski definition) is 2. The van der Waals surface area contributed by atoms with Gasteiger partial charge in [-0.1, -0.05) is 11.6 Å². The molecule has 0 N–H and O–H groups in total. The van der Waals surface area contributed by atoms with Crippen LogP contribution in [0.2, 0.25) is 5.15 Å². The lowest BCUT2D eigenvalue weighted by atomic mass is 10.1. The Morgan fingerprint density at radius 3 is 2.43 bits per heavy atom. The second-order valence-electron chi connectivity index (χ2n) is 4.92. The van der Waals surface area contributed by atoms with Crippen LogP contribution >= 0.6 is 11.6 Å². The highest BCUT2D eigenvalue weighted by Gasteiger charge is 2.12. The van der Waals surface area contributed by atoms with E-state index in [4.69, 9.17) is 11.6 Å². The number of rotatable bonds is 1. The molecule has 1 aromatic heterocycles. The van der Waals surface area contributed by atoms with E-state index in [1.807, 2.05) is 0 Å². The highest BCUT2D eigenvalue weighted by molar-refractivity contribution is 6.34. The second-order valence-corrected chi connectivity index (χ2v) is 5.27. The summed E-state index contributed by atoms with van der Waals surface area (Å²) in [5.41, 5.74) is 2.27. The molecular formula is C16H11ClF2N2. The normalized spacial score (nSPS) is 11.1. The lowest BCUT2D eigenvalue weighted by Crippen LogP contribution is -1.96. The van der Waals surface area contributed by atoms with Crippen molar-refractivity contribution in [3.05, 3.63) is 58.2 Å². The minimum Gasteiger partial charge on any atom is -0.228 e. The van der Waals surface area contributed by atoms with Crippen molar-refractivity contribution in [1.29, 1.82) is 0 Å². The number of hydrogen-bond donors (Lipinski definition) is 0. The van der Waals surface area contributed by atoms with Crippen LogP contribution in [0.1, 0.15) is 11.1 Å². The molecule has 0 atom stereocenters. The first-order valence-corrected chi connectivity index (χ1v) is 6.73. The molecule has 5 heteroatoms. The molecule has 0 saturated carbocycles. The van der Waals surface area contributed by atoms with Gasteiger partial charge in [-0.3, -0.25) is 0 Å². The molecule has 0 bridgehead atoms. The minimum atomic E-state index is -0.348. The van der Waals surface area contributed by atoms with Crippen molar-refractivity contribution in [3.63, 3.8) is 0 Å². The van der Waals surface area contributed by atoms with Crippen LogP contribution in [-0.4, -0.2) is 9.97 Å². The van der Waals surface area contributed by atoms with Gasteiger partial charge in [-0.25, -0.2) is 18.7 Å². The summed E-state index contributed by atoms with van der Waals surface area (Å²) < 4.78 is 26.9. The first-order valence-electron chi connectivity index (χ1n) is 6.35. The van der Waals surface area contributed by atoms with E-state index in [0.717, 1.165) is 0 Å². The lowest BCUT2D eigenvalue weighted by Gasteiger charge is -2.08. The van der Waals surface area contributed by atoms with Crippen molar-refractivity contribution < 1.29 is 8.78 Å². The molecule has 1 heterocycles. The number of nitrogens with zero attached hydrogens (tertiary/aromatic N) is 2. The van der Waals surface area contributed by atoms with Gasteiger partial charge in [-0.2, -0.15) is 0 Å². The highest BCUT2D eigenvalue weighted by Crippen LogP contribution is 2.28. The van der Waals surface area contributed by atoms with Gasteiger partial charge in [0.25, 0.3) is 0 Å². The fourth-order valence-electron chi connectivity index (χ4n) is 2.22.